The molecule has 0 bridgehead atoms. The monoisotopic (exact) mass is 186 g/mol. The third-order valence-corrected chi connectivity index (χ3v) is 1.59. The number of aliphatic imine (C=N–C) groups is 2. The molecule has 1 unspecified atom stereocenters. The lowest BCUT2D eigenvalue weighted by atomic mass is 10.1. The Bertz CT molecular complexity index is 288. The normalized spacial score (nSPS) is 38.7. The van der Waals surface area contributed by atoms with Gasteiger partial charge in [-0.3, -0.25) is 4.99 Å². The van der Waals surface area contributed by atoms with E-state index in [4.69, 9.17) is 0 Å². The van der Waals surface area contributed by atoms with E-state index >= 15 is 0 Å². The quantitative estimate of drug-likeness (QED) is 0.519. The molecule has 0 N–H and O–H groups in total. The first-order chi connectivity index (χ1) is 5.81. The van der Waals surface area contributed by atoms with Gasteiger partial charge in [-0.1, -0.05) is 6.08 Å². The Balaban J connectivity index is 3.10. The molecule has 0 aromatic heterocycles. The van der Waals surface area contributed by atoms with Gasteiger partial charge in [0.2, 0.25) is 11.8 Å². The average molecular weight is 186 g/mol. The summed E-state index contributed by atoms with van der Waals surface area (Å²) in [5.41, 5.74) is -0.583. The molecule has 0 spiro atoms. The average Bonchev–Trinajstić information content (AvgIpc) is 1.96. The van der Waals surface area contributed by atoms with Gasteiger partial charge in [0.05, 0.1) is 11.8 Å². The molecule has 0 saturated heterocycles. The summed E-state index contributed by atoms with van der Waals surface area (Å²) in [5, 5.41) is 0. The minimum atomic E-state index is -2.05. The van der Waals surface area contributed by atoms with Gasteiger partial charge in [0.15, 0.2) is 0 Å². The fraction of sp³-hybridized carbons (Fsp3) is 0.556. The SMILES string of the molecule is CC1(C)/C=C\C(F)=N/C(C)(F)C=N1. The van der Waals surface area contributed by atoms with Crippen molar-refractivity contribution in [1.82, 2.24) is 0 Å². The second-order valence-electron chi connectivity index (χ2n) is 3.70. The molecule has 0 radical (unpaired) electrons. The van der Waals surface area contributed by atoms with Gasteiger partial charge in [-0.15, -0.1) is 0 Å². The van der Waals surface area contributed by atoms with E-state index in [-0.39, 0.29) is 0 Å². The van der Waals surface area contributed by atoms with Crippen LogP contribution in [-0.2, 0) is 0 Å². The highest BCUT2D eigenvalue weighted by Crippen LogP contribution is 2.18. The van der Waals surface area contributed by atoms with Crippen LogP contribution in [0.2, 0.25) is 0 Å². The maximum absolute atomic E-state index is 13.3. The van der Waals surface area contributed by atoms with Gasteiger partial charge in [0.25, 0.3) is 0 Å². The fourth-order valence-electron chi connectivity index (χ4n) is 0.875. The van der Waals surface area contributed by atoms with Gasteiger partial charge in [-0.05, 0) is 26.8 Å². The lowest BCUT2D eigenvalue weighted by molar-refractivity contribution is 0.301. The number of rotatable bonds is 0. The molecule has 1 aliphatic heterocycles. The largest absolute Gasteiger partial charge is 0.282 e. The molecule has 1 rings (SSSR count). The van der Waals surface area contributed by atoms with Gasteiger partial charge >= 0.3 is 0 Å². The zero-order valence-electron chi connectivity index (χ0n) is 7.88. The molecule has 0 aliphatic carbocycles. The molecule has 0 fully saturated rings. The van der Waals surface area contributed by atoms with Crippen molar-refractivity contribution in [3.8, 4) is 0 Å². The minimum absolute atomic E-state index is 0.583. The van der Waals surface area contributed by atoms with Gasteiger partial charge in [-0.25, -0.2) is 9.38 Å². The van der Waals surface area contributed by atoms with E-state index in [1.54, 1.807) is 13.8 Å². The minimum Gasteiger partial charge on any atom is -0.282 e. The molecule has 1 atom stereocenters. The number of hydrogen-bond acceptors (Lipinski definition) is 2. The molecule has 0 amide bonds. The Morgan fingerprint density at radius 3 is 2.54 bits per heavy atom. The van der Waals surface area contributed by atoms with Crippen molar-refractivity contribution in [2.45, 2.75) is 32.1 Å². The van der Waals surface area contributed by atoms with Crippen LogP contribution in [0.25, 0.3) is 0 Å². The molecule has 2 nitrogen and oxygen atoms in total. The summed E-state index contributed by atoms with van der Waals surface area (Å²) in [6, 6.07) is 0. The summed E-state index contributed by atoms with van der Waals surface area (Å²) in [4.78, 5) is 7.12. The van der Waals surface area contributed by atoms with Gasteiger partial charge in [0.1, 0.15) is 0 Å². The highest BCUT2D eigenvalue weighted by atomic mass is 19.2. The summed E-state index contributed by atoms with van der Waals surface area (Å²) in [5.74, 6) is -2.87. The lowest BCUT2D eigenvalue weighted by Crippen LogP contribution is -2.24. The summed E-state index contributed by atoms with van der Waals surface area (Å²) in [7, 11) is 0. The Hall–Kier alpha value is -1.06. The van der Waals surface area contributed by atoms with E-state index in [0.29, 0.717) is 0 Å². The fourth-order valence-corrected chi connectivity index (χ4v) is 0.875. The third kappa shape index (κ3) is 3.05. The molecule has 4 heteroatoms. The van der Waals surface area contributed by atoms with Crippen LogP contribution in [0.5, 0.6) is 0 Å². The molecule has 0 aromatic rings. The number of hydrogen-bond donors (Lipinski definition) is 0. The van der Waals surface area contributed by atoms with E-state index in [0.717, 1.165) is 19.2 Å². The predicted octanol–water partition coefficient (Wildman–Crippen LogP) is 2.46. The Morgan fingerprint density at radius 1 is 1.31 bits per heavy atom. The molecule has 0 aromatic carbocycles. The van der Waals surface area contributed by atoms with Crippen LogP contribution >= 0.6 is 0 Å². The van der Waals surface area contributed by atoms with Crippen LogP contribution in [0.15, 0.2) is 22.1 Å². The number of allylic oxidation sites excluding steroid dienone is 1. The smallest absolute Gasteiger partial charge is 0.235 e. The van der Waals surface area contributed by atoms with Crippen molar-refractivity contribution in [1.29, 1.82) is 0 Å². The van der Waals surface area contributed by atoms with Gasteiger partial charge in [-0.2, -0.15) is 4.39 Å². The predicted molar refractivity (Wildman–Crippen MR) is 49.8 cm³/mol. The summed E-state index contributed by atoms with van der Waals surface area (Å²) >= 11 is 0. The molecular formula is C9H12F2N2. The zero-order valence-corrected chi connectivity index (χ0v) is 7.88. The Labute approximate surface area is 76.1 Å². The first-order valence-corrected chi connectivity index (χ1v) is 4.01. The van der Waals surface area contributed by atoms with E-state index in [1.165, 1.54) is 6.08 Å². The summed E-state index contributed by atoms with van der Waals surface area (Å²) in [6.45, 7) is 4.68. The van der Waals surface area contributed by atoms with Crippen LogP contribution in [0.1, 0.15) is 20.8 Å². The van der Waals surface area contributed by atoms with Crippen molar-refractivity contribution in [3.63, 3.8) is 0 Å². The lowest BCUT2D eigenvalue weighted by Gasteiger charge is -2.18. The Morgan fingerprint density at radius 2 is 1.92 bits per heavy atom. The van der Waals surface area contributed by atoms with Crippen molar-refractivity contribution in [3.05, 3.63) is 12.2 Å². The Kier molecular flexibility index (Phi) is 2.32. The van der Waals surface area contributed by atoms with Crippen LogP contribution in [0.4, 0.5) is 8.78 Å². The van der Waals surface area contributed by atoms with Crippen molar-refractivity contribution < 1.29 is 8.78 Å². The van der Waals surface area contributed by atoms with Gasteiger partial charge < -0.3 is 0 Å². The number of nitrogens with zero attached hydrogens (tertiary/aromatic N) is 2. The zero-order chi connectivity index (χ0) is 10.1. The second kappa shape index (κ2) is 3.01. The summed E-state index contributed by atoms with van der Waals surface area (Å²) < 4.78 is 26.1. The van der Waals surface area contributed by atoms with E-state index in [1.807, 2.05) is 0 Å². The summed E-state index contributed by atoms with van der Waals surface area (Å²) in [6.07, 6.45) is 3.70. The molecule has 1 aliphatic rings. The first-order valence-electron chi connectivity index (χ1n) is 4.01. The maximum atomic E-state index is 13.3. The third-order valence-electron chi connectivity index (χ3n) is 1.59. The van der Waals surface area contributed by atoms with Crippen molar-refractivity contribution >= 4 is 12.2 Å². The van der Waals surface area contributed by atoms with Crippen LogP contribution < -0.4 is 0 Å². The highest BCUT2D eigenvalue weighted by molar-refractivity contribution is 5.89. The van der Waals surface area contributed by atoms with E-state index in [2.05, 4.69) is 9.98 Å². The van der Waals surface area contributed by atoms with Crippen molar-refractivity contribution in [2.24, 2.45) is 9.98 Å². The molecule has 0 saturated carbocycles. The van der Waals surface area contributed by atoms with E-state index in [9.17, 15) is 8.78 Å². The van der Waals surface area contributed by atoms with Crippen LogP contribution in [-0.4, -0.2) is 23.5 Å². The first kappa shape index (κ1) is 10.0. The van der Waals surface area contributed by atoms with Crippen LogP contribution in [0.3, 0.4) is 0 Å². The number of halogens is 2. The van der Waals surface area contributed by atoms with Crippen molar-refractivity contribution in [2.75, 3.05) is 0 Å². The van der Waals surface area contributed by atoms with Crippen LogP contribution in [0, 0.1) is 0 Å². The molecule has 72 valence electrons. The van der Waals surface area contributed by atoms with E-state index < -0.39 is 17.3 Å². The molecular weight excluding hydrogens is 174 g/mol. The maximum Gasteiger partial charge on any atom is 0.235 e. The molecule has 13 heavy (non-hydrogen) atoms. The van der Waals surface area contributed by atoms with Gasteiger partial charge in [0, 0.05) is 0 Å². The number of alkyl halides is 1. The second-order valence-corrected chi connectivity index (χ2v) is 3.70. The topological polar surface area (TPSA) is 24.7 Å². The highest BCUT2D eigenvalue weighted by Gasteiger charge is 2.23. The standard InChI is InChI=1S/C9H12F2N2/c1-8(2)5-4-7(10)13-9(3,11)6-12-8/h4-6H,1-3H3/b5-4-,12-6?,13-7+. The molecule has 1 heterocycles.